The van der Waals surface area contributed by atoms with Crippen molar-refractivity contribution in [2.45, 2.75) is 39.2 Å². The van der Waals surface area contributed by atoms with Crippen molar-refractivity contribution in [1.29, 1.82) is 0 Å². The Bertz CT molecular complexity index is 628. The minimum absolute atomic E-state index is 0.264. The maximum Gasteiger partial charge on any atom is 0.267 e. The smallest absolute Gasteiger partial charge is 0.267 e. The first-order chi connectivity index (χ1) is 10.5. The van der Waals surface area contributed by atoms with E-state index in [2.05, 4.69) is 15.5 Å². The predicted octanol–water partition coefficient (Wildman–Crippen LogP) is 3.60. The van der Waals surface area contributed by atoms with E-state index in [0.717, 1.165) is 5.01 Å². The van der Waals surface area contributed by atoms with E-state index in [4.69, 9.17) is 4.74 Å². The molecule has 0 spiro atoms. The molecule has 0 bridgehead atoms. The van der Waals surface area contributed by atoms with Crippen LogP contribution in [0.2, 0.25) is 0 Å². The molecule has 0 saturated heterocycles. The fourth-order valence-electron chi connectivity index (χ4n) is 1.70. The molecule has 1 amide bonds. The van der Waals surface area contributed by atoms with Crippen molar-refractivity contribution in [3.8, 4) is 5.75 Å². The highest BCUT2D eigenvalue weighted by molar-refractivity contribution is 7.15. The number of rotatable bonds is 6. The van der Waals surface area contributed by atoms with Gasteiger partial charge >= 0.3 is 0 Å². The Morgan fingerprint density at radius 2 is 2.00 bits per heavy atom. The molecule has 1 aromatic carbocycles. The third-order valence-electron chi connectivity index (χ3n) is 2.92. The average molecular weight is 323 g/mol. The lowest BCUT2D eigenvalue weighted by molar-refractivity contribution is -0.122. The van der Waals surface area contributed by atoms with Gasteiger partial charge in [0, 0.05) is 5.92 Å². The number of hydrogen-bond acceptors (Lipinski definition) is 5. The van der Waals surface area contributed by atoms with Gasteiger partial charge in [0.05, 0.1) is 0 Å². The van der Waals surface area contributed by atoms with Gasteiger partial charge < -0.3 is 4.74 Å². The van der Waals surface area contributed by atoms with Gasteiger partial charge in [0.2, 0.25) is 5.13 Å². The molecule has 0 unspecified atom stereocenters. The Balaban J connectivity index is 2.00. The molecule has 0 saturated carbocycles. The highest BCUT2D eigenvalue weighted by Crippen LogP contribution is 2.23. The molecule has 7 heteroatoms. The molecular formula is C15H18FN3O2S. The Labute approximate surface area is 132 Å². The van der Waals surface area contributed by atoms with Crippen LogP contribution < -0.4 is 10.1 Å². The number of aromatic nitrogens is 2. The predicted molar refractivity (Wildman–Crippen MR) is 83.7 cm³/mol. The Morgan fingerprint density at radius 3 is 2.55 bits per heavy atom. The number of ether oxygens (including phenoxy) is 1. The first-order valence-electron chi connectivity index (χ1n) is 7.06. The molecule has 1 heterocycles. The summed E-state index contributed by atoms with van der Waals surface area (Å²) < 4.78 is 18.5. The van der Waals surface area contributed by atoms with Gasteiger partial charge in [-0.25, -0.2) is 4.39 Å². The van der Waals surface area contributed by atoms with E-state index in [0.29, 0.717) is 17.3 Å². The maximum atomic E-state index is 12.9. The topological polar surface area (TPSA) is 64.1 Å². The van der Waals surface area contributed by atoms with Gasteiger partial charge in [-0.3, -0.25) is 10.1 Å². The van der Waals surface area contributed by atoms with Gasteiger partial charge in [0.25, 0.3) is 5.91 Å². The van der Waals surface area contributed by atoms with Gasteiger partial charge in [-0.1, -0.05) is 32.1 Å². The number of benzene rings is 1. The molecular weight excluding hydrogens is 305 g/mol. The monoisotopic (exact) mass is 323 g/mol. The largest absolute Gasteiger partial charge is 0.481 e. The number of carbonyl (C=O) groups excluding carboxylic acids is 1. The summed E-state index contributed by atoms with van der Waals surface area (Å²) in [7, 11) is 0. The molecule has 2 rings (SSSR count). The number of nitrogens with one attached hydrogen (secondary N) is 1. The summed E-state index contributed by atoms with van der Waals surface area (Å²) in [6.45, 7) is 5.87. The van der Waals surface area contributed by atoms with Crippen LogP contribution in [0.4, 0.5) is 9.52 Å². The molecule has 2 aromatic rings. The minimum atomic E-state index is -0.670. The third-order valence-corrected chi connectivity index (χ3v) is 4.06. The third kappa shape index (κ3) is 4.24. The number of carbonyl (C=O) groups is 1. The molecule has 0 aliphatic carbocycles. The van der Waals surface area contributed by atoms with Crippen molar-refractivity contribution < 1.29 is 13.9 Å². The van der Waals surface area contributed by atoms with Crippen LogP contribution in [0, 0.1) is 5.82 Å². The lowest BCUT2D eigenvalue weighted by Gasteiger charge is -2.16. The van der Waals surface area contributed by atoms with Gasteiger partial charge in [0.1, 0.15) is 16.6 Å². The second-order valence-corrected chi connectivity index (χ2v) is 6.07. The van der Waals surface area contributed by atoms with Crippen molar-refractivity contribution in [1.82, 2.24) is 10.2 Å². The summed E-state index contributed by atoms with van der Waals surface area (Å²) in [5.74, 6) is 0.0716. The molecule has 0 aliphatic rings. The van der Waals surface area contributed by atoms with Crippen molar-refractivity contribution >= 4 is 22.4 Å². The van der Waals surface area contributed by atoms with E-state index in [1.807, 2.05) is 20.8 Å². The van der Waals surface area contributed by atoms with Crippen LogP contribution >= 0.6 is 11.3 Å². The van der Waals surface area contributed by atoms with Crippen LogP contribution in [0.1, 0.15) is 38.1 Å². The SMILES string of the molecule is CC[C@H](Oc1ccc(F)cc1)C(=O)Nc1nnc(C(C)C)s1. The van der Waals surface area contributed by atoms with E-state index in [1.165, 1.54) is 35.6 Å². The molecule has 0 aliphatic heterocycles. The summed E-state index contributed by atoms with van der Waals surface area (Å²) in [5.41, 5.74) is 0. The highest BCUT2D eigenvalue weighted by atomic mass is 32.1. The molecule has 0 radical (unpaired) electrons. The zero-order chi connectivity index (χ0) is 16.1. The van der Waals surface area contributed by atoms with Gasteiger partial charge in [-0.15, -0.1) is 10.2 Å². The Kier molecular flexibility index (Phi) is 5.43. The Hall–Kier alpha value is -2.02. The summed E-state index contributed by atoms with van der Waals surface area (Å²) >= 11 is 1.35. The second-order valence-electron chi connectivity index (χ2n) is 5.06. The van der Waals surface area contributed by atoms with Crippen LogP contribution in [0.15, 0.2) is 24.3 Å². The summed E-state index contributed by atoms with van der Waals surface area (Å²) in [4.78, 5) is 12.2. The van der Waals surface area contributed by atoms with E-state index in [9.17, 15) is 9.18 Å². The van der Waals surface area contributed by atoms with Crippen LogP contribution in [0.3, 0.4) is 0 Å². The van der Waals surface area contributed by atoms with Crippen LogP contribution in [0.5, 0.6) is 5.75 Å². The molecule has 0 fully saturated rings. The average Bonchev–Trinajstić information content (AvgIpc) is 2.95. The first kappa shape index (κ1) is 16.4. The van der Waals surface area contributed by atoms with Gasteiger partial charge in [-0.05, 0) is 30.7 Å². The van der Waals surface area contributed by atoms with E-state index < -0.39 is 6.10 Å². The summed E-state index contributed by atoms with van der Waals surface area (Å²) in [6.07, 6.45) is -0.184. The van der Waals surface area contributed by atoms with Crippen LogP contribution in [-0.2, 0) is 4.79 Å². The minimum Gasteiger partial charge on any atom is -0.481 e. The van der Waals surface area contributed by atoms with E-state index in [1.54, 1.807) is 0 Å². The number of anilines is 1. The molecule has 118 valence electrons. The number of hydrogen-bond donors (Lipinski definition) is 1. The number of amides is 1. The molecule has 5 nitrogen and oxygen atoms in total. The zero-order valence-corrected chi connectivity index (χ0v) is 13.5. The molecule has 1 aromatic heterocycles. The molecule has 22 heavy (non-hydrogen) atoms. The van der Waals surface area contributed by atoms with Crippen molar-refractivity contribution in [3.63, 3.8) is 0 Å². The van der Waals surface area contributed by atoms with E-state index in [-0.39, 0.29) is 17.6 Å². The fourth-order valence-corrected chi connectivity index (χ4v) is 2.45. The molecule has 1 atom stereocenters. The van der Waals surface area contributed by atoms with Crippen molar-refractivity contribution in [2.75, 3.05) is 5.32 Å². The maximum absolute atomic E-state index is 12.9. The summed E-state index contributed by atoms with van der Waals surface area (Å²) in [5, 5.41) is 12.0. The number of nitrogens with zero attached hydrogens (tertiary/aromatic N) is 2. The zero-order valence-electron chi connectivity index (χ0n) is 12.7. The lowest BCUT2D eigenvalue weighted by Crippen LogP contribution is -2.32. The van der Waals surface area contributed by atoms with Crippen LogP contribution in [-0.4, -0.2) is 22.2 Å². The fraction of sp³-hybridized carbons (Fsp3) is 0.400. The lowest BCUT2D eigenvalue weighted by atomic mass is 10.2. The van der Waals surface area contributed by atoms with Gasteiger partial charge in [0.15, 0.2) is 6.10 Å². The highest BCUT2D eigenvalue weighted by Gasteiger charge is 2.20. The van der Waals surface area contributed by atoms with Crippen LogP contribution in [0.25, 0.3) is 0 Å². The van der Waals surface area contributed by atoms with Crippen molar-refractivity contribution in [3.05, 3.63) is 35.1 Å². The van der Waals surface area contributed by atoms with Crippen molar-refractivity contribution in [2.24, 2.45) is 0 Å². The second kappa shape index (κ2) is 7.31. The Morgan fingerprint density at radius 1 is 1.32 bits per heavy atom. The quantitative estimate of drug-likeness (QED) is 0.882. The summed E-state index contributed by atoms with van der Waals surface area (Å²) in [6, 6.07) is 5.57. The number of halogens is 1. The first-order valence-corrected chi connectivity index (χ1v) is 7.87. The van der Waals surface area contributed by atoms with Gasteiger partial charge in [-0.2, -0.15) is 0 Å². The molecule has 1 N–H and O–H groups in total. The van der Waals surface area contributed by atoms with E-state index >= 15 is 0 Å². The normalized spacial score (nSPS) is 12.2. The standard InChI is InChI=1S/C15H18FN3O2S/c1-4-12(21-11-7-5-10(16)6-8-11)13(20)17-15-19-18-14(22-15)9(2)3/h5-9,12H,4H2,1-3H3,(H,17,19,20)/t12-/m0/s1.